The maximum atomic E-state index is 12.6. The molecule has 0 fully saturated rings. The lowest BCUT2D eigenvalue weighted by Gasteiger charge is -2.13. The predicted octanol–water partition coefficient (Wildman–Crippen LogP) is 0.551. The van der Waals surface area contributed by atoms with Crippen LogP contribution < -0.4 is 10.0 Å². The number of aliphatic hydroxyl groups excluding tert-OH is 1. The van der Waals surface area contributed by atoms with Crippen LogP contribution in [-0.4, -0.2) is 53.4 Å². The zero-order chi connectivity index (χ0) is 21.2. The molecular weight excluding hydrogens is 398 g/mol. The first-order valence-corrected chi connectivity index (χ1v) is 10.1. The Morgan fingerprint density at radius 1 is 1.10 bits per heavy atom. The second-order valence-corrected chi connectivity index (χ2v) is 7.96. The minimum Gasteiger partial charge on any atom is -0.395 e. The van der Waals surface area contributed by atoms with E-state index in [1.165, 1.54) is 30.3 Å². The molecule has 29 heavy (non-hydrogen) atoms. The zero-order valence-corrected chi connectivity index (χ0v) is 16.5. The van der Waals surface area contributed by atoms with Crippen LogP contribution in [0.5, 0.6) is 0 Å². The fourth-order valence-electron chi connectivity index (χ4n) is 2.75. The van der Waals surface area contributed by atoms with Crippen molar-refractivity contribution in [1.29, 1.82) is 0 Å². The Morgan fingerprint density at radius 3 is 2.41 bits per heavy atom. The molecule has 1 aromatic carbocycles. The molecule has 10 nitrogen and oxygen atoms in total. The predicted molar refractivity (Wildman–Crippen MR) is 104 cm³/mol. The van der Waals surface area contributed by atoms with Crippen LogP contribution in [0, 0.1) is 13.8 Å². The molecule has 0 saturated heterocycles. The molecule has 0 aliphatic carbocycles. The molecule has 0 unspecified atom stereocenters. The molecule has 0 saturated carbocycles. The van der Waals surface area contributed by atoms with Gasteiger partial charge in [-0.15, -0.1) is 0 Å². The number of carbonyl (C=O) groups excluding carboxylic acids is 2. The zero-order valence-electron chi connectivity index (χ0n) is 15.7. The van der Waals surface area contributed by atoms with E-state index in [-0.39, 0.29) is 29.6 Å². The molecule has 1 aliphatic rings. The molecule has 2 amide bonds. The van der Waals surface area contributed by atoms with E-state index in [0.29, 0.717) is 17.2 Å². The van der Waals surface area contributed by atoms with E-state index >= 15 is 0 Å². The molecule has 3 rings (SSSR count). The maximum absolute atomic E-state index is 12.6. The van der Waals surface area contributed by atoms with Crippen LogP contribution in [0.15, 0.2) is 47.0 Å². The van der Waals surface area contributed by atoms with Crippen molar-refractivity contribution in [3.8, 4) is 0 Å². The highest BCUT2D eigenvalue weighted by Crippen LogP contribution is 2.20. The highest BCUT2D eigenvalue weighted by molar-refractivity contribution is 7.92. The summed E-state index contributed by atoms with van der Waals surface area (Å²) in [7, 11) is -3.87. The van der Waals surface area contributed by atoms with E-state index in [0.717, 1.165) is 11.0 Å². The number of hydrogen-bond acceptors (Lipinski definition) is 8. The number of rotatable bonds is 7. The van der Waals surface area contributed by atoms with Gasteiger partial charge in [0.05, 0.1) is 18.0 Å². The van der Waals surface area contributed by atoms with Gasteiger partial charge >= 0.3 is 0 Å². The number of nitrogens with zero attached hydrogens (tertiary/aromatic N) is 3. The first kappa shape index (κ1) is 20.4. The average Bonchev–Trinajstić information content (AvgIpc) is 2.89. The summed E-state index contributed by atoms with van der Waals surface area (Å²) in [6, 6.07) is 7.18. The van der Waals surface area contributed by atoms with Crippen molar-refractivity contribution in [3.63, 3.8) is 0 Å². The van der Waals surface area contributed by atoms with Crippen molar-refractivity contribution in [1.82, 2.24) is 14.9 Å². The molecule has 0 bridgehead atoms. The van der Waals surface area contributed by atoms with E-state index in [1.807, 2.05) is 0 Å². The van der Waals surface area contributed by atoms with Gasteiger partial charge in [-0.1, -0.05) is 0 Å². The van der Waals surface area contributed by atoms with Gasteiger partial charge in [0.25, 0.3) is 21.8 Å². The van der Waals surface area contributed by atoms with Crippen LogP contribution in [0.3, 0.4) is 0 Å². The van der Waals surface area contributed by atoms with Crippen LogP contribution in [0.1, 0.15) is 11.5 Å². The van der Waals surface area contributed by atoms with Crippen molar-refractivity contribution < 1.29 is 23.1 Å². The van der Waals surface area contributed by atoms with E-state index in [1.54, 1.807) is 13.8 Å². The largest absolute Gasteiger partial charge is 0.395 e. The second-order valence-electron chi connectivity index (χ2n) is 6.27. The lowest BCUT2D eigenvalue weighted by molar-refractivity contribution is -0.137. The minimum absolute atomic E-state index is 0.00156. The van der Waals surface area contributed by atoms with Gasteiger partial charge < -0.3 is 10.4 Å². The normalized spacial score (nSPS) is 14.2. The molecule has 0 atom stereocenters. The lowest BCUT2D eigenvalue weighted by Crippen LogP contribution is -2.34. The van der Waals surface area contributed by atoms with Gasteiger partial charge in [0, 0.05) is 23.5 Å². The van der Waals surface area contributed by atoms with Gasteiger partial charge in [-0.3, -0.25) is 19.2 Å². The molecular formula is C18H19N5O5S. The number of hydrogen-bond donors (Lipinski definition) is 3. The molecule has 152 valence electrons. The van der Waals surface area contributed by atoms with Crippen LogP contribution in [0.25, 0.3) is 0 Å². The third-order valence-corrected chi connectivity index (χ3v) is 5.35. The average molecular weight is 417 g/mol. The summed E-state index contributed by atoms with van der Waals surface area (Å²) < 4.78 is 27.5. The number of anilines is 2. The number of carbonyl (C=O) groups is 2. The third kappa shape index (κ3) is 4.58. The number of aliphatic hydroxyl groups is 1. The fraction of sp³-hybridized carbons (Fsp3) is 0.222. The van der Waals surface area contributed by atoms with Crippen molar-refractivity contribution in [2.45, 2.75) is 18.7 Å². The van der Waals surface area contributed by atoms with Gasteiger partial charge in [-0.25, -0.2) is 18.4 Å². The van der Waals surface area contributed by atoms with Crippen molar-refractivity contribution in [2.75, 3.05) is 23.2 Å². The van der Waals surface area contributed by atoms with Gasteiger partial charge in [-0.2, -0.15) is 0 Å². The SMILES string of the molecule is Cc1cc(NS(=O)(=O)c2ccc(NC3=CC(=O)N(CCO)C3=O)cc2)nc(C)n1. The summed E-state index contributed by atoms with van der Waals surface area (Å²) in [5.74, 6) is -0.467. The van der Waals surface area contributed by atoms with Crippen LogP contribution >= 0.6 is 0 Å². The summed E-state index contributed by atoms with van der Waals surface area (Å²) in [5.41, 5.74) is 1.11. The Balaban J connectivity index is 1.74. The molecule has 0 radical (unpaired) electrons. The second kappa shape index (κ2) is 7.97. The van der Waals surface area contributed by atoms with Gasteiger partial charge in [0.1, 0.15) is 17.3 Å². The molecule has 2 heterocycles. The minimum atomic E-state index is -3.87. The molecule has 2 aromatic rings. The van der Waals surface area contributed by atoms with E-state index in [4.69, 9.17) is 5.11 Å². The Morgan fingerprint density at radius 2 is 1.79 bits per heavy atom. The number of aryl methyl sites for hydroxylation is 2. The standard InChI is InChI=1S/C18H19N5O5S/c1-11-9-16(20-12(2)19-11)22-29(27,28)14-5-3-13(4-6-14)21-15-10-17(25)23(7-8-24)18(15)26/h3-6,9-10,21,24H,7-8H2,1-2H3,(H,19,20,22). The Bertz CT molecular complexity index is 1080. The maximum Gasteiger partial charge on any atom is 0.277 e. The Kier molecular flexibility index (Phi) is 5.62. The van der Waals surface area contributed by atoms with E-state index < -0.39 is 21.8 Å². The third-order valence-electron chi connectivity index (χ3n) is 3.98. The number of aromatic nitrogens is 2. The fourth-order valence-corrected chi connectivity index (χ4v) is 3.74. The van der Waals surface area contributed by atoms with E-state index in [9.17, 15) is 18.0 Å². The van der Waals surface area contributed by atoms with Gasteiger partial charge in [0.2, 0.25) is 0 Å². The van der Waals surface area contributed by atoms with Gasteiger partial charge in [0.15, 0.2) is 0 Å². The number of β-amino-alcohol motifs (C(OH)–C–C–N with tert-alkyl or cyclic N) is 1. The summed E-state index contributed by atoms with van der Waals surface area (Å²) in [5, 5.41) is 11.7. The molecule has 0 spiro atoms. The first-order valence-electron chi connectivity index (χ1n) is 8.60. The molecule has 11 heteroatoms. The quantitative estimate of drug-likeness (QED) is 0.555. The number of amides is 2. The summed E-state index contributed by atoms with van der Waals surface area (Å²) in [4.78, 5) is 33.0. The molecule has 3 N–H and O–H groups in total. The lowest BCUT2D eigenvalue weighted by atomic mass is 10.3. The highest BCUT2D eigenvalue weighted by Gasteiger charge is 2.30. The van der Waals surface area contributed by atoms with Crippen LogP contribution in [0.4, 0.5) is 11.5 Å². The topological polar surface area (TPSA) is 142 Å². The summed E-state index contributed by atoms with van der Waals surface area (Å²) in [6.45, 7) is 2.97. The van der Waals surface area contributed by atoms with Crippen molar-refractivity contribution in [2.24, 2.45) is 0 Å². The van der Waals surface area contributed by atoms with Crippen molar-refractivity contribution in [3.05, 3.63) is 53.6 Å². The number of sulfonamides is 1. The number of benzene rings is 1. The molecule has 1 aromatic heterocycles. The Hall–Kier alpha value is -3.31. The highest BCUT2D eigenvalue weighted by atomic mass is 32.2. The monoisotopic (exact) mass is 417 g/mol. The molecule has 1 aliphatic heterocycles. The van der Waals surface area contributed by atoms with Crippen LogP contribution in [-0.2, 0) is 19.6 Å². The Labute approximate surface area is 167 Å². The van der Waals surface area contributed by atoms with Crippen LogP contribution in [0.2, 0.25) is 0 Å². The number of imide groups is 1. The summed E-state index contributed by atoms with van der Waals surface area (Å²) >= 11 is 0. The smallest absolute Gasteiger partial charge is 0.277 e. The number of nitrogens with one attached hydrogen (secondary N) is 2. The van der Waals surface area contributed by atoms with Crippen molar-refractivity contribution >= 4 is 33.3 Å². The van der Waals surface area contributed by atoms with E-state index in [2.05, 4.69) is 20.0 Å². The van der Waals surface area contributed by atoms with Gasteiger partial charge in [-0.05, 0) is 38.1 Å². The summed E-state index contributed by atoms with van der Waals surface area (Å²) in [6.07, 6.45) is 1.13. The first-order chi connectivity index (χ1) is 13.7.